The molecule has 0 heterocycles. The van der Waals surface area contributed by atoms with Crippen molar-refractivity contribution in [2.45, 2.75) is 19.8 Å². The molecule has 0 spiro atoms. The number of benzene rings is 1. The van der Waals surface area contributed by atoms with Crippen molar-refractivity contribution in [2.75, 3.05) is 13.1 Å². The molecule has 1 aromatic carbocycles. The van der Waals surface area contributed by atoms with Crippen molar-refractivity contribution < 1.29 is 0 Å². The van der Waals surface area contributed by atoms with Gasteiger partial charge in [0.2, 0.25) is 0 Å². The molecule has 0 amide bonds. The molecule has 1 N–H and O–H groups in total. The third-order valence-electron chi connectivity index (χ3n) is 2.07. The van der Waals surface area contributed by atoms with Gasteiger partial charge < -0.3 is 5.32 Å². The van der Waals surface area contributed by atoms with Gasteiger partial charge in [-0.25, -0.2) is 0 Å². The molecular formula is C12H16N2. The fourth-order valence-corrected chi connectivity index (χ4v) is 1.33. The van der Waals surface area contributed by atoms with E-state index < -0.39 is 0 Å². The predicted octanol–water partition coefficient (Wildman–Crippen LogP) is 2.10. The molecule has 0 atom stereocenters. The summed E-state index contributed by atoms with van der Waals surface area (Å²) in [5.41, 5.74) is 1.98. The summed E-state index contributed by atoms with van der Waals surface area (Å²) in [5, 5.41) is 12.0. The van der Waals surface area contributed by atoms with Crippen LogP contribution in [-0.4, -0.2) is 13.1 Å². The normalized spacial score (nSPS) is 9.71. The smallest absolute Gasteiger partial charge is 0.0991 e. The average Bonchev–Trinajstić information content (AvgIpc) is 2.25. The van der Waals surface area contributed by atoms with Crippen LogP contribution < -0.4 is 5.32 Å². The van der Waals surface area contributed by atoms with Gasteiger partial charge in [-0.15, -0.1) is 0 Å². The van der Waals surface area contributed by atoms with Gasteiger partial charge >= 0.3 is 0 Å². The highest BCUT2D eigenvalue weighted by atomic mass is 14.8. The van der Waals surface area contributed by atoms with E-state index in [0.29, 0.717) is 0 Å². The third-order valence-corrected chi connectivity index (χ3v) is 2.07. The standard InChI is InChI=1S/C12H16N2/c1-2-7-14-8-6-11-4-3-5-12(9-11)10-13/h3-5,9,14H,2,6-8H2,1H3. The monoisotopic (exact) mass is 188 g/mol. The molecule has 2 nitrogen and oxygen atoms in total. The van der Waals surface area contributed by atoms with Crippen LogP contribution in [0.2, 0.25) is 0 Å². The molecule has 0 fully saturated rings. The van der Waals surface area contributed by atoms with Crippen LogP contribution in [0, 0.1) is 11.3 Å². The predicted molar refractivity (Wildman–Crippen MR) is 58.0 cm³/mol. The lowest BCUT2D eigenvalue weighted by Crippen LogP contribution is -2.17. The van der Waals surface area contributed by atoms with Gasteiger partial charge in [0.05, 0.1) is 11.6 Å². The molecule has 0 aromatic heterocycles. The second kappa shape index (κ2) is 6.17. The number of nitrogens with zero attached hydrogens (tertiary/aromatic N) is 1. The second-order valence-electron chi connectivity index (χ2n) is 3.31. The molecule has 1 aromatic rings. The lowest BCUT2D eigenvalue weighted by atomic mass is 10.1. The highest BCUT2D eigenvalue weighted by molar-refractivity contribution is 5.32. The summed E-state index contributed by atoms with van der Waals surface area (Å²) >= 11 is 0. The van der Waals surface area contributed by atoms with E-state index in [4.69, 9.17) is 5.26 Å². The molecule has 0 aliphatic rings. The zero-order valence-electron chi connectivity index (χ0n) is 8.59. The molecule has 14 heavy (non-hydrogen) atoms. The first-order valence-electron chi connectivity index (χ1n) is 5.06. The van der Waals surface area contributed by atoms with Gasteiger partial charge in [0, 0.05) is 0 Å². The van der Waals surface area contributed by atoms with Crippen molar-refractivity contribution in [3.63, 3.8) is 0 Å². The maximum absolute atomic E-state index is 8.71. The topological polar surface area (TPSA) is 35.8 Å². The Kier molecular flexibility index (Phi) is 4.74. The molecule has 0 saturated heterocycles. The van der Waals surface area contributed by atoms with Crippen molar-refractivity contribution in [3.05, 3.63) is 35.4 Å². The molecule has 2 heteroatoms. The van der Waals surface area contributed by atoms with Crippen LogP contribution in [0.1, 0.15) is 24.5 Å². The van der Waals surface area contributed by atoms with Gasteiger partial charge in [-0.2, -0.15) is 5.26 Å². The molecule has 0 bridgehead atoms. The molecular weight excluding hydrogens is 172 g/mol. The summed E-state index contributed by atoms with van der Waals surface area (Å²) in [6.45, 7) is 4.21. The van der Waals surface area contributed by atoms with Crippen LogP contribution in [0.4, 0.5) is 0 Å². The Bertz CT molecular complexity index is 312. The SMILES string of the molecule is CCCNCCc1cccc(C#N)c1. The molecule has 0 radical (unpaired) electrons. The fourth-order valence-electron chi connectivity index (χ4n) is 1.33. The molecule has 0 aliphatic heterocycles. The fraction of sp³-hybridized carbons (Fsp3) is 0.417. The van der Waals surface area contributed by atoms with Gasteiger partial charge in [-0.1, -0.05) is 19.1 Å². The van der Waals surface area contributed by atoms with Crippen molar-refractivity contribution >= 4 is 0 Å². The van der Waals surface area contributed by atoms with E-state index in [-0.39, 0.29) is 0 Å². The Morgan fingerprint density at radius 1 is 1.36 bits per heavy atom. The van der Waals surface area contributed by atoms with Crippen LogP contribution in [-0.2, 0) is 6.42 Å². The quantitative estimate of drug-likeness (QED) is 0.718. The van der Waals surface area contributed by atoms with Crippen molar-refractivity contribution in [3.8, 4) is 6.07 Å². The highest BCUT2D eigenvalue weighted by Crippen LogP contribution is 2.04. The van der Waals surface area contributed by atoms with E-state index in [2.05, 4.69) is 24.4 Å². The minimum Gasteiger partial charge on any atom is -0.316 e. The average molecular weight is 188 g/mol. The minimum atomic E-state index is 0.748. The van der Waals surface area contributed by atoms with E-state index in [1.165, 1.54) is 5.56 Å². The lowest BCUT2D eigenvalue weighted by molar-refractivity contribution is 0.671. The number of hydrogen-bond acceptors (Lipinski definition) is 2. The maximum atomic E-state index is 8.71. The summed E-state index contributed by atoms with van der Waals surface area (Å²) in [6, 6.07) is 9.94. The van der Waals surface area contributed by atoms with Crippen molar-refractivity contribution in [2.24, 2.45) is 0 Å². The molecule has 0 unspecified atom stereocenters. The number of hydrogen-bond donors (Lipinski definition) is 1. The van der Waals surface area contributed by atoms with Crippen LogP contribution >= 0.6 is 0 Å². The Labute approximate surface area is 85.6 Å². The summed E-state index contributed by atoms with van der Waals surface area (Å²) in [7, 11) is 0. The van der Waals surface area contributed by atoms with E-state index >= 15 is 0 Å². The summed E-state index contributed by atoms with van der Waals surface area (Å²) in [6.07, 6.45) is 2.16. The maximum Gasteiger partial charge on any atom is 0.0991 e. The van der Waals surface area contributed by atoms with Crippen LogP contribution in [0.5, 0.6) is 0 Å². The van der Waals surface area contributed by atoms with Crippen molar-refractivity contribution in [1.82, 2.24) is 5.32 Å². The highest BCUT2D eigenvalue weighted by Gasteiger charge is 1.94. The minimum absolute atomic E-state index is 0.748. The first-order chi connectivity index (χ1) is 6.86. The summed E-state index contributed by atoms with van der Waals surface area (Å²) in [5.74, 6) is 0. The van der Waals surface area contributed by atoms with Gasteiger partial charge in [-0.05, 0) is 43.6 Å². The van der Waals surface area contributed by atoms with Crippen LogP contribution in [0.3, 0.4) is 0 Å². The van der Waals surface area contributed by atoms with E-state index in [0.717, 1.165) is 31.5 Å². The summed E-state index contributed by atoms with van der Waals surface area (Å²) < 4.78 is 0. The number of nitrogens with one attached hydrogen (secondary N) is 1. The summed E-state index contributed by atoms with van der Waals surface area (Å²) in [4.78, 5) is 0. The van der Waals surface area contributed by atoms with Gasteiger partial charge in [-0.3, -0.25) is 0 Å². The van der Waals surface area contributed by atoms with E-state index in [1.54, 1.807) is 0 Å². The number of rotatable bonds is 5. The molecule has 0 aliphatic carbocycles. The Morgan fingerprint density at radius 2 is 2.21 bits per heavy atom. The molecule has 1 rings (SSSR count). The van der Waals surface area contributed by atoms with Gasteiger partial charge in [0.15, 0.2) is 0 Å². The third kappa shape index (κ3) is 3.59. The Hall–Kier alpha value is -1.33. The zero-order valence-corrected chi connectivity index (χ0v) is 8.59. The first-order valence-corrected chi connectivity index (χ1v) is 5.06. The lowest BCUT2D eigenvalue weighted by Gasteiger charge is -2.03. The zero-order chi connectivity index (χ0) is 10.2. The molecule has 74 valence electrons. The van der Waals surface area contributed by atoms with E-state index in [9.17, 15) is 0 Å². The second-order valence-corrected chi connectivity index (χ2v) is 3.31. The van der Waals surface area contributed by atoms with Gasteiger partial charge in [0.25, 0.3) is 0 Å². The van der Waals surface area contributed by atoms with Crippen LogP contribution in [0.15, 0.2) is 24.3 Å². The first kappa shape index (κ1) is 10.7. The Morgan fingerprint density at radius 3 is 2.93 bits per heavy atom. The van der Waals surface area contributed by atoms with Crippen LogP contribution in [0.25, 0.3) is 0 Å². The van der Waals surface area contributed by atoms with E-state index in [1.807, 2.05) is 18.2 Å². The Balaban J connectivity index is 2.39. The van der Waals surface area contributed by atoms with Gasteiger partial charge in [0.1, 0.15) is 0 Å². The molecule has 0 saturated carbocycles. The largest absolute Gasteiger partial charge is 0.316 e. The van der Waals surface area contributed by atoms with Crippen molar-refractivity contribution in [1.29, 1.82) is 5.26 Å². The number of nitriles is 1.